The Kier molecular flexibility index (Phi) is 5.94. The average Bonchev–Trinajstić information content (AvgIpc) is 3.35. The number of aryl methyl sites for hydroxylation is 1. The number of carbonyl (C=O) groups is 1. The first-order valence-electron chi connectivity index (χ1n) is 12.1. The fourth-order valence-electron chi connectivity index (χ4n) is 5.25. The largest absolute Gasteiger partial charge is 0.383 e. The minimum Gasteiger partial charge on any atom is -0.383 e. The maximum atomic E-state index is 13.4. The summed E-state index contributed by atoms with van der Waals surface area (Å²) in [5.74, 6) is -0.115. The molecule has 0 aliphatic carbocycles. The number of carbonyl (C=O) groups excluding carboxylic acids is 1. The van der Waals surface area contributed by atoms with Gasteiger partial charge in [0.1, 0.15) is 16.5 Å². The molecule has 0 bridgehead atoms. The first-order chi connectivity index (χ1) is 17.5. The van der Waals surface area contributed by atoms with E-state index in [4.69, 9.17) is 10.7 Å². The predicted octanol–water partition coefficient (Wildman–Crippen LogP) is 3.96. The van der Waals surface area contributed by atoms with Crippen LogP contribution in [0.4, 0.5) is 11.6 Å². The summed E-state index contributed by atoms with van der Waals surface area (Å²) in [6.45, 7) is 7.07. The lowest BCUT2D eigenvalue weighted by molar-refractivity contribution is 0.0981. The van der Waals surface area contributed by atoms with Gasteiger partial charge >= 0.3 is 0 Å². The van der Waals surface area contributed by atoms with E-state index in [9.17, 15) is 13.2 Å². The van der Waals surface area contributed by atoms with Gasteiger partial charge in [0, 0.05) is 48.0 Å². The van der Waals surface area contributed by atoms with E-state index in [0.29, 0.717) is 24.0 Å². The Labute approximate surface area is 216 Å². The summed E-state index contributed by atoms with van der Waals surface area (Å²) in [6, 6.07) is 14.3. The van der Waals surface area contributed by atoms with Gasteiger partial charge in [0.05, 0.1) is 11.3 Å². The van der Waals surface area contributed by atoms with Crippen LogP contribution in [0.25, 0.3) is 22.2 Å². The Morgan fingerprint density at radius 2 is 1.95 bits per heavy atom. The van der Waals surface area contributed by atoms with Crippen LogP contribution in [-0.2, 0) is 17.1 Å². The number of nitrogen functional groups attached to an aromatic ring is 1. The van der Waals surface area contributed by atoms with Crippen LogP contribution in [0.3, 0.4) is 0 Å². The van der Waals surface area contributed by atoms with Gasteiger partial charge in [-0.25, -0.2) is 23.1 Å². The molecule has 1 aliphatic rings. The first-order valence-corrected chi connectivity index (χ1v) is 13.6. The Morgan fingerprint density at radius 1 is 1.16 bits per heavy atom. The van der Waals surface area contributed by atoms with Crippen molar-refractivity contribution in [3.8, 4) is 11.3 Å². The highest BCUT2D eigenvalue weighted by Crippen LogP contribution is 2.38. The van der Waals surface area contributed by atoms with Gasteiger partial charge in [0.15, 0.2) is 0 Å². The van der Waals surface area contributed by atoms with Gasteiger partial charge in [-0.15, -0.1) is 0 Å². The highest BCUT2D eigenvalue weighted by molar-refractivity contribution is 7.90. The molecule has 0 saturated carbocycles. The molecule has 9 nitrogen and oxygen atoms in total. The number of sulfonamides is 1. The van der Waals surface area contributed by atoms with Crippen LogP contribution in [0.15, 0.2) is 65.8 Å². The molecule has 10 heteroatoms. The molecule has 0 spiro atoms. The molecule has 3 N–H and O–H groups in total. The van der Waals surface area contributed by atoms with E-state index in [1.807, 2.05) is 31.4 Å². The van der Waals surface area contributed by atoms with Gasteiger partial charge in [0.2, 0.25) is 0 Å². The van der Waals surface area contributed by atoms with E-state index >= 15 is 0 Å². The number of anilines is 2. The SMILES string of the molecule is C[C@H]1CN(c2nc(-c3ccc4c(ccn4C)c3)ccc2C(=O)NS(=O)(=O)c2cccnc2N)C(C)(C)C1. The van der Waals surface area contributed by atoms with Crippen molar-refractivity contribution in [3.05, 3.63) is 66.5 Å². The van der Waals surface area contributed by atoms with Gasteiger partial charge < -0.3 is 15.2 Å². The summed E-state index contributed by atoms with van der Waals surface area (Å²) >= 11 is 0. The molecule has 0 radical (unpaired) electrons. The number of nitrogens with one attached hydrogen (secondary N) is 1. The predicted molar refractivity (Wildman–Crippen MR) is 145 cm³/mol. The third kappa shape index (κ3) is 4.53. The fourth-order valence-corrected chi connectivity index (χ4v) is 6.30. The molecule has 0 unspecified atom stereocenters. The first kappa shape index (κ1) is 24.8. The molecule has 5 rings (SSSR count). The summed E-state index contributed by atoms with van der Waals surface area (Å²) in [6.07, 6.45) is 4.31. The summed E-state index contributed by atoms with van der Waals surface area (Å²) in [5, 5.41) is 1.08. The topological polar surface area (TPSA) is 123 Å². The highest BCUT2D eigenvalue weighted by atomic mass is 32.2. The summed E-state index contributed by atoms with van der Waals surface area (Å²) < 4.78 is 30.2. The zero-order chi connectivity index (χ0) is 26.5. The van der Waals surface area contributed by atoms with Crippen molar-refractivity contribution in [1.82, 2.24) is 19.3 Å². The zero-order valence-corrected chi connectivity index (χ0v) is 22.1. The number of fused-ring (bicyclic) bond motifs is 1. The number of amides is 1. The molecule has 1 aliphatic heterocycles. The van der Waals surface area contributed by atoms with Crippen molar-refractivity contribution in [1.29, 1.82) is 0 Å². The molecule has 4 aromatic rings. The zero-order valence-electron chi connectivity index (χ0n) is 21.3. The Hall–Kier alpha value is -3.92. The number of hydrogen-bond acceptors (Lipinski definition) is 7. The van der Waals surface area contributed by atoms with E-state index in [-0.39, 0.29) is 21.8 Å². The minimum absolute atomic E-state index is 0.178. The number of pyridine rings is 2. The number of nitrogens with two attached hydrogens (primary N) is 1. The van der Waals surface area contributed by atoms with E-state index in [0.717, 1.165) is 22.9 Å². The monoisotopic (exact) mass is 518 g/mol. The molecule has 1 fully saturated rings. The van der Waals surface area contributed by atoms with Crippen LogP contribution in [0.5, 0.6) is 0 Å². The molecule has 1 amide bonds. The molecular formula is C27H30N6O3S. The molecule has 1 saturated heterocycles. The van der Waals surface area contributed by atoms with E-state index in [1.54, 1.807) is 12.1 Å². The second-order valence-electron chi connectivity index (χ2n) is 10.3. The second kappa shape index (κ2) is 8.88. The fraction of sp³-hybridized carbons (Fsp3) is 0.296. The van der Waals surface area contributed by atoms with Gasteiger partial charge in [-0.3, -0.25) is 4.79 Å². The lowest BCUT2D eigenvalue weighted by Crippen LogP contribution is -2.41. The standard InChI is InChI=1S/C27H30N6O3S/c1-17-15-27(2,3)33(16-17)25-20(26(34)31-37(35,36)23-6-5-12-29-24(23)28)8-9-21(30-25)18-7-10-22-19(14-18)11-13-32(22)4/h5-14,17H,15-16H2,1-4H3,(H2,28,29)(H,31,34)/t17-/m1/s1. The number of aromatic nitrogens is 3. The van der Waals surface area contributed by atoms with Crippen LogP contribution >= 0.6 is 0 Å². The van der Waals surface area contributed by atoms with E-state index < -0.39 is 15.9 Å². The molecule has 37 heavy (non-hydrogen) atoms. The number of hydrogen-bond donors (Lipinski definition) is 2. The molecule has 192 valence electrons. The van der Waals surface area contributed by atoms with Crippen molar-refractivity contribution < 1.29 is 13.2 Å². The van der Waals surface area contributed by atoms with E-state index in [2.05, 4.69) is 46.0 Å². The normalized spacial score (nSPS) is 17.3. The van der Waals surface area contributed by atoms with Crippen molar-refractivity contribution in [3.63, 3.8) is 0 Å². The molecule has 4 heterocycles. The highest BCUT2D eigenvalue weighted by Gasteiger charge is 2.39. The lowest BCUT2D eigenvalue weighted by Gasteiger charge is -2.34. The Balaban J connectivity index is 1.58. The molecule has 3 aromatic heterocycles. The van der Waals surface area contributed by atoms with Gasteiger partial charge in [-0.05, 0) is 68.7 Å². The molecule has 1 aromatic carbocycles. The van der Waals surface area contributed by atoms with Crippen molar-refractivity contribution in [2.24, 2.45) is 13.0 Å². The van der Waals surface area contributed by atoms with Crippen LogP contribution < -0.4 is 15.4 Å². The third-order valence-electron chi connectivity index (χ3n) is 6.95. The summed E-state index contributed by atoms with van der Waals surface area (Å²) in [7, 11) is -2.24. The second-order valence-corrected chi connectivity index (χ2v) is 12.0. The number of benzene rings is 1. The maximum Gasteiger partial charge on any atom is 0.268 e. The summed E-state index contributed by atoms with van der Waals surface area (Å²) in [5.41, 5.74) is 8.39. The van der Waals surface area contributed by atoms with Crippen LogP contribution in [0, 0.1) is 5.92 Å². The van der Waals surface area contributed by atoms with Gasteiger partial charge in [-0.2, -0.15) is 0 Å². The minimum atomic E-state index is -4.24. The van der Waals surface area contributed by atoms with Gasteiger partial charge in [0.25, 0.3) is 15.9 Å². The lowest BCUT2D eigenvalue weighted by atomic mass is 9.97. The molecule has 1 atom stereocenters. The maximum absolute atomic E-state index is 13.4. The van der Waals surface area contributed by atoms with Gasteiger partial charge in [-0.1, -0.05) is 13.0 Å². The van der Waals surface area contributed by atoms with Crippen LogP contribution in [-0.4, -0.2) is 40.9 Å². The van der Waals surface area contributed by atoms with Crippen molar-refractivity contribution in [2.45, 2.75) is 37.6 Å². The third-order valence-corrected chi connectivity index (χ3v) is 8.32. The number of nitrogens with zero attached hydrogens (tertiary/aromatic N) is 4. The smallest absolute Gasteiger partial charge is 0.268 e. The van der Waals surface area contributed by atoms with Crippen LogP contribution in [0.2, 0.25) is 0 Å². The number of rotatable bonds is 5. The summed E-state index contributed by atoms with van der Waals surface area (Å²) in [4.78, 5) is 24.0. The van der Waals surface area contributed by atoms with Crippen molar-refractivity contribution >= 4 is 38.5 Å². The van der Waals surface area contributed by atoms with Crippen LogP contribution in [0.1, 0.15) is 37.6 Å². The Morgan fingerprint density at radius 3 is 2.65 bits per heavy atom. The Bertz CT molecular complexity index is 1630. The van der Waals surface area contributed by atoms with Crippen molar-refractivity contribution in [2.75, 3.05) is 17.2 Å². The average molecular weight is 519 g/mol. The van der Waals surface area contributed by atoms with E-state index in [1.165, 1.54) is 18.3 Å². The quantitative estimate of drug-likeness (QED) is 0.410. The molecular weight excluding hydrogens is 488 g/mol.